The minimum absolute atomic E-state index is 0.0161. The second-order valence-corrected chi connectivity index (χ2v) is 7.20. The van der Waals surface area contributed by atoms with Crippen LogP contribution in [0.4, 0.5) is 0 Å². The molecule has 0 radical (unpaired) electrons. The molecule has 2 aromatic rings. The van der Waals surface area contributed by atoms with Crippen molar-refractivity contribution in [3.05, 3.63) is 53.9 Å². The van der Waals surface area contributed by atoms with Gasteiger partial charge < -0.3 is 14.5 Å². The Balaban J connectivity index is 1.64. The molecule has 8 heteroatoms. The third-order valence-corrected chi connectivity index (χ3v) is 5.62. The molecule has 2 aliphatic rings. The Bertz CT molecular complexity index is 910. The molecule has 0 saturated carbocycles. The number of hydrogen-bond acceptors (Lipinski definition) is 5. The Morgan fingerprint density at radius 1 is 1.18 bits per heavy atom. The largest absolute Gasteiger partial charge is 0.469 e. The molecule has 0 unspecified atom stereocenters. The number of aromatic nitrogens is 2. The molecule has 2 fully saturated rings. The number of piperazine rings is 1. The number of nitrogens with zero attached hydrogens (tertiary/aromatic N) is 4. The van der Waals surface area contributed by atoms with Gasteiger partial charge in [0.2, 0.25) is 5.91 Å². The van der Waals surface area contributed by atoms with E-state index in [1.54, 1.807) is 29.1 Å². The van der Waals surface area contributed by atoms with Crippen LogP contribution in [0, 0.1) is 5.92 Å². The minimum atomic E-state index is -0.451. The van der Waals surface area contributed by atoms with Gasteiger partial charge in [0, 0.05) is 19.8 Å². The lowest BCUT2D eigenvalue weighted by atomic mass is 9.93. The molecule has 1 aromatic heterocycles. The summed E-state index contributed by atoms with van der Waals surface area (Å²) in [6, 6.07) is 10.6. The van der Waals surface area contributed by atoms with Gasteiger partial charge >= 0.3 is 5.97 Å². The number of methoxy groups -OCH3 is 1. The van der Waals surface area contributed by atoms with Crippen LogP contribution in [0.2, 0.25) is 0 Å². The Morgan fingerprint density at radius 2 is 1.93 bits per heavy atom. The lowest BCUT2D eigenvalue weighted by Crippen LogP contribution is -2.56. The summed E-state index contributed by atoms with van der Waals surface area (Å²) >= 11 is 0. The highest BCUT2D eigenvalue weighted by Crippen LogP contribution is 2.43. The summed E-state index contributed by atoms with van der Waals surface area (Å²) in [5.41, 5.74) is 1.34. The van der Waals surface area contributed by atoms with Crippen LogP contribution in [-0.4, -0.2) is 63.6 Å². The van der Waals surface area contributed by atoms with Crippen molar-refractivity contribution in [1.82, 2.24) is 19.6 Å². The molecule has 0 bridgehead atoms. The predicted molar refractivity (Wildman–Crippen MR) is 99.1 cm³/mol. The van der Waals surface area contributed by atoms with Gasteiger partial charge in [-0.05, 0) is 18.1 Å². The van der Waals surface area contributed by atoms with E-state index >= 15 is 0 Å². The zero-order valence-corrected chi connectivity index (χ0v) is 15.8. The highest BCUT2D eigenvalue weighted by atomic mass is 16.5. The highest BCUT2D eigenvalue weighted by Gasteiger charge is 2.51. The summed E-state index contributed by atoms with van der Waals surface area (Å²) in [6.07, 6.45) is 2.02. The summed E-state index contributed by atoms with van der Waals surface area (Å²) in [5, 5.41) is 4.03. The number of esters is 1. The monoisotopic (exact) mass is 382 g/mol. The van der Waals surface area contributed by atoms with Crippen molar-refractivity contribution in [2.45, 2.75) is 18.5 Å². The summed E-state index contributed by atoms with van der Waals surface area (Å²) < 4.78 is 6.50. The van der Waals surface area contributed by atoms with E-state index in [1.165, 1.54) is 11.8 Å². The first kappa shape index (κ1) is 18.2. The van der Waals surface area contributed by atoms with E-state index in [9.17, 15) is 14.4 Å². The van der Waals surface area contributed by atoms with Gasteiger partial charge in [0.1, 0.15) is 12.2 Å². The third kappa shape index (κ3) is 2.94. The average molecular weight is 382 g/mol. The fraction of sp³-hybridized carbons (Fsp3) is 0.400. The number of amides is 2. The average Bonchev–Trinajstić information content (AvgIpc) is 3.31. The Labute approximate surface area is 162 Å². The van der Waals surface area contributed by atoms with Crippen LogP contribution in [-0.2, 0) is 21.4 Å². The number of fused-ring (bicyclic) bond motifs is 1. The highest BCUT2D eigenvalue weighted by molar-refractivity contribution is 5.96. The quantitative estimate of drug-likeness (QED) is 0.740. The van der Waals surface area contributed by atoms with Gasteiger partial charge in [-0.2, -0.15) is 5.10 Å². The number of carbonyl (C=O) groups excluding carboxylic acids is 3. The Kier molecular flexibility index (Phi) is 4.62. The molecule has 3 heterocycles. The summed E-state index contributed by atoms with van der Waals surface area (Å²) in [6.45, 7) is 0.365. The molecular formula is C20H22N4O4. The van der Waals surface area contributed by atoms with Crippen molar-refractivity contribution in [1.29, 1.82) is 0 Å². The van der Waals surface area contributed by atoms with E-state index in [-0.39, 0.29) is 36.4 Å². The standard InChI is InChI=1S/C20H22N4O4/c1-22-16(8-9-21-22)19(26)23-11-14-10-15(20(27)28-2)18(24(14)17(25)12-23)13-6-4-3-5-7-13/h3-9,14-15,18H,10-12H2,1-2H3/t14-,15-,18-/m0/s1. The van der Waals surface area contributed by atoms with E-state index in [0.29, 0.717) is 18.7 Å². The van der Waals surface area contributed by atoms with E-state index < -0.39 is 5.92 Å². The van der Waals surface area contributed by atoms with E-state index in [1.807, 2.05) is 30.3 Å². The van der Waals surface area contributed by atoms with Gasteiger partial charge in [-0.3, -0.25) is 19.1 Å². The topological polar surface area (TPSA) is 84.7 Å². The molecule has 2 saturated heterocycles. The number of carbonyl (C=O) groups is 3. The number of aryl methyl sites for hydroxylation is 1. The maximum atomic E-state index is 13.0. The zero-order chi connectivity index (χ0) is 19.8. The van der Waals surface area contributed by atoms with E-state index in [4.69, 9.17) is 4.74 Å². The minimum Gasteiger partial charge on any atom is -0.469 e. The molecule has 8 nitrogen and oxygen atoms in total. The van der Waals surface area contributed by atoms with E-state index in [0.717, 1.165) is 5.56 Å². The summed E-state index contributed by atoms with van der Waals surface area (Å²) in [5.74, 6) is -1.17. The van der Waals surface area contributed by atoms with Crippen LogP contribution in [0.15, 0.2) is 42.6 Å². The maximum Gasteiger partial charge on any atom is 0.311 e. The van der Waals surface area contributed by atoms with Gasteiger partial charge in [0.15, 0.2) is 0 Å². The number of rotatable bonds is 3. The van der Waals surface area contributed by atoms with Gasteiger partial charge in [-0.1, -0.05) is 30.3 Å². The molecule has 3 atom stereocenters. The second-order valence-electron chi connectivity index (χ2n) is 7.20. The first-order chi connectivity index (χ1) is 13.5. The van der Waals surface area contributed by atoms with Crippen molar-refractivity contribution in [2.24, 2.45) is 13.0 Å². The van der Waals surface area contributed by atoms with Crippen LogP contribution < -0.4 is 0 Å². The van der Waals surface area contributed by atoms with Gasteiger partial charge in [0.05, 0.1) is 25.1 Å². The molecule has 1 aromatic carbocycles. The number of benzene rings is 1. The molecule has 28 heavy (non-hydrogen) atoms. The first-order valence-corrected chi connectivity index (χ1v) is 9.22. The van der Waals surface area contributed by atoms with Crippen LogP contribution in [0.25, 0.3) is 0 Å². The predicted octanol–water partition coefficient (Wildman–Crippen LogP) is 1.01. The molecular weight excluding hydrogens is 360 g/mol. The zero-order valence-electron chi connectivity index (χ0n) is 15.8. The maximum absolute atomic E-state index is 13.0. The van der Waals surface area contributed by atoms with Crippen LogP contribution >= 0.6 is 0 Å². The van der Waals surface area contributed by atoms with Crippen LogP contribution in [0.3, 0.4) is 0 Å². The smallest absolute Gasteiger partial charge is 0.311 e. The Hall–Kier alpha value is -3.16. The molecule has 4 rings (SSSR count). The third-order valence-electron chi connectivity index (χ3n) is 5.62. The van der Waals surface area contributed by atoms with E-state index in [2.05, 4.69) is 5.10 Å². The fourth-order valence-electron chi connectivity index (χ4n) is 4.36. The SMILES string of the molecule is COC(=O)[C@H]1C[C@H]2CN(C(=O)c3ccnn3C)CC(=O)N2[C@H]1c1ccccc1. The van der Waals surface area contributed by atoms with Crippen molar-refractivity contribution < 1.29 is 19.1 Å². The number of hydrogen-bond donors (Lipinski definition) is 0. The molecule has 0 N–H and O–H groups in total. The molecule has 146 valence electrons. The van der Waals surface area contributed by atoms with Crippen LogP contribution in [0.1, 0.15) is 28.5 Å². The van der Waals surface area contributed by atoms with Crippen molar-refractivity contribution in [3.63, 3.8) is 0 Å². The lowest BCUT2D eigenvalue weighted by Gasteiger charge is -2.40. The van der Waals surface area contributed by atoms with Crippen molar-refractivity contribution >= 4 is 17.8 Å². The van der Waals surface area contributed by atoms with Crippen LogP contribution in [0.5, 0.6) is 0 Å². The molecule has 0 spiro atoms. The number of ether oxygens (including phenoxy) is 1. The van der Waals surface area contributed by atoms with Crippen molar-refractivity contribution in [3.8, 4) is 0 Å². The molecule has 0 aliphatic carbocycles. The molecule has 2 aliphatic heterocycles. The first-order valence-electron chi connectivity index (χ1n) is 9.22. The second kappa shape index (κ2) is 7.10. The van der Waals surface area contributed by atoms with Gasteiger partial charge in [-0.25, -0.2) is 0 Å². The molecule has 2 amide bonds. The normalized spacial score (nSPS) is 24.2. The summed E-state index contributed by atoms with van der Waals surface area (Å²) in [7, 11) is 3.06. The lowest BCUT2D eigenvalue weighted by molar-refractivity contribution is -0.147. The van der Waals surface area contributed by atoms with Crippen molar-refractivity contribution in [2.75, 3.05) is 20.2 Å². The fourth-order valence-corrected chi connectivity index (χ4v) is 4.36. The Morgan fingerprint density at radius 3 is 2.57 bits per heavy atom. The summed E-state index contributed by atoms with van der Waals surface area (Å²) in [4.78, 5) is 41.6. The van der Waals surface area contributed by atoms with Gasteiger partial charge in [0.25, 0.3) is 5.91 Å². The van der Waals surface area contributed by atoms with Gasteiger partial charge in [-0.15, -0.1) is 0 Å².